The summed E-state index contributed by atoms with van der Waals surface area (Å²) in [6, 6.07) is 17.1. The molecule has 3 aliphatic rings. The number of hydrogen-bond acceptors (Lipinski definition) is 8. The van der Waals surface area contributed by atoms with Crippen LogP contribution in [0.4, 0.5) is 8.78 Å². The Morgan fingerprint density at radius 2 is 1.87 bits per heavy atom. The molecule has 10 nitrogen and oxygen atoms in total. The average molecular weight is 649 g/mol. The van der Waals surface area contributed by atoms with Crippen LogP contribution in [0, 0.1) is 11.6 Å². The van der Waals surface area contributed by atoms with Gasteiger partial charge >= 0.3 is 0 Å². The summed E-state index contributed by atoms with van der Waals surface area (Å²) in [6.07, 6.45) is 3.43. The molecule has 4 heterocycles. The number of benzene rings is 3. The molecular formula is C33H34F2N6O4S. The van der Waals surface area contributed by atoms with E-state index in [0.29, 0.717) is 47.8 Å². The highest BCUT2D eigenvalue weighted by atomic mass is 32.2. The van der Waals surface area contributed by atoms with Gasteiger partial charge in [-0.2, -0.15) is 0 Å². The minimum Gasteiger partial charge on any atom is -0.496 e. The van der Waals surface area contributed by atoms with Gasteiger partial charge in [-0.1, -0.05) is 30.3 Å². The van der Waals surface area contributed by atoms with Gasteiger partial charge in [-0.3, -0.25) is 9.00 Å². The second kappa shape index (κ2) is 12.3. The second-order valence-electron chi connectivity index (χ2n) is 12.1. The lowest BCUT2D eigenvalue weighted by atomic mass is 9.85. The van der Waals surface area contributed by atoms with Crippen LogP contribution < -0.4 is 4.74 Å². The maximum atomic E-state index is 14.6. The predicted molar refractivity (Wildman–Crippen MR) is 166 cm³/mol. The van der Waals surface area contributed by atoms with Crippen molar-refractivity contribution in [3.8, 4) is 11.4 Å². The topological polar surface area (TPSA) is 103 Å². The summed E-state index contributed by atoms with van der Waals surface area (Å²) in [4.78, 5) is 18.1. The largest absolute Gasteiger partial charge is 0.496 e. The molecule has 2 atom stereocenters. The Bertz CT molecular complexity index is 1780. The van der Waals surface area contributed by atoms with Gasteiger partial charge in [0.15, 0.2) is 11.6 Å². The number of hydrogen-bond donors (Lipinski definition) is 0. The summed E-state index contributed by atoms with van der Waals surface area (Å²) in [5.41, 5.74) is 2.67. The molecule has 46 heavy (non-hydrogen) atoms. The quantitative estimate of drug-likeness (QED) is 0.297. The number of ether oxygens (including phenoxy) is 2. The third-order valence-corrected chi connectivity index (χ3v) is 11.7. The van der Waals surface area contributed by atoms with Gasteiger partial charge in [0.25, 0.3) is 5.91 Å². The monoisotopic (exact) mass is 648 g/mol. The standard InChI is InChI=1S/C33H34F2N6O4S/c1-44-30-9-7-25(41-22-36-37-38-41)19-26(30)31(42)40-16-17-45-32(21-40,24-6-8-28(34)29(35)18-24)10-13-39-14-11-33(12-15-39)27-5-3-2-4-23(27)20-46(33)43/h2-9,18-19,22H,10-17,20-21H2,1H3/t32-,46?/m0/s1. The maximum absolute atomic E-state index is 14.6. The van der Waals surface area contributed by atoms with Crippen molar-refractivity contribution in [2.75, 3.05) is 46.4 Å². The van der Waals surface area contributed by atoms with Gasteiger partial charge in [0.2, 0.25) is 0 Å². The number of piperidine rings is 1. The Morgan fingerprint density at radius 1 is 1.04 bits per heavy atom. The molecule has 2 fully saturated rings. The molecule has 0 bridgehead atoms. The van der Waals surface area contributed by atoms with Crippen molar-refractivity contribution >= 4 is 16.7 Å². The van der Waals surface area contributed by atoms with E-state index in [-0.39, 0.29) is 23.8 Å². The van der Waals surface area contributed by atoms with Crippen LogP contribution in [0.3, 0.4) is 0 Å². The smallest absolute Gasteiger partial charge is 0.257 e. The Hall–Kier alpha value is -4.07. The van der Waals surface area contributed by atoms with Crippen molar-refractivity contribution in [1.82, 2.24) is 30.0 Å². The zero-order valence-electron chi connectivity index (χ0n) is 25.4. The SMILES string of the molecule is COc1ccc(-n2cnnn2)cc1C(=O)N1CCO[C@](CCN2CCC3(CC2)c2ccccc2CS3=O)(c2ccc(F)c(F)c2)C1. The van der Waals surface area contributed by atoms with E-state index >= 15 is 0 Å². The number of carbonyl (C=O) groups excluding carboxylic acids is 1. The number of rotatable bonds is 7. The number of tetrazole rings is 1. The number of methoxy groups -OCH3 is 1. The van der Waals surface area contributed by atoms with Crippen molar-refractivity contribution in [2.45, 2.75) is 35.4 Å². The first kappa shape index (κ1) is 30.6. The van der Waals surface area contributed by atoms with Gasteiger partial charge in [0.1, 0.15) is 17.7 Å². The third kappa shape index (κ3) is 5.39. The molecule has 1 unspecified atom stereocenters. The molecule has 1 aromatic heterocycles. The Labute approximate surface area is 267 Å². The zero-order chi connectivity index (χ0) is 31.9. The number of aromatic nitrogens is 4. The first-order chi connectivity index (χ1) is 22.3. The normalized spacial score (nSPS) is 22.6. The van der Waals surface area contributed by atoms with Crippen molar-refractivity contribution in [3.63, 3.8) is 0 Å². The molecule has 0 saturated carbocycles. The van der Waals surface area contributed by atoms with Gasteiger partial charge < -0.3 is 19.3 Å². The fourth-order valence-electron chi connectivity index (χ4n) is 7.13. The Balaban J connectivity index is 1.13. The molecule has 0 aliphatic carbocycles. The number of amides is 1. The third-order valence-electron chi connectivity index (χ3n) is 9.67. The van der Waals surface area contributed by atoms with E-state index in [1.807, 2.05) is 12.1 Å². The lowest BCUT2D eigenvalue weighted by molar-refractivity contribution is -0.113. The summed E-state index contributed by atoms with van der Waals surface area (Å²) < 4.78 is 55.1. The van der Waals surface area contributed by atoms with E-state index in [9.17, 15) is 17.8 Å². The first-order valence-corrected chi connectivity index (χ1v) is 16.6. The molecule has 7 rings (SSSR count). The number of nitrogens with zero attached hydrogens (tertiary/aromatic N) is 6. The summed E-state index contributed by atoms with van der Waals surface area (Å²) >= 11 is 0. The molecule has 2 saturated heterocycles. The van der Waals surface area contributed by atoms with Crippen LogP contribution in [0.2, 0.25) is 0 Å². The van der Waals surface area contributed by atoms with Crippen LogP contribution in [0.5, 0.6) is 5.75 Å². The van der Waals surface area contributed by atoms with E-state index in [1.165, 1.54) is 41.4 Å². The molecule has 4 aromatic rings. The van der Waals surface area contributed by atoms with E-state index in [2.05, 4.69) is 32.6 Å². The number of morpholine rings is 1. The Morgan fingerprint density at radius 3 is 2.63 bits per heavy atom. The van der Waals surface area contributed by atoms with Crippen LogP contribution in [0.1, 0.15) is 46.3 Å². The number of fused-ring (bicyclic) bond motifs is 2. The maximum Gasteiger partial charge on any atom is 0.257 e. The van der Waals surface area contributed by atoms with E-state index in [0.717, 1.165) is 32.0 Å². The summed E-state index contributed by atoms with van der Waals surface area (Å²) in [6.45, 7) is 2.74. The van der Waals surface area contributed by atoms with E-state index in [4.69, 9.17) is 9.47 Å². The highest BCUT2D eigenvalue weighted by Gasteiger charge is 2.47. The highest BCUT2D eigenvalue weighted by Crippen LogP contribution is 2.47. The summed E-state index contributed by atoms with van der Waals surface area (Å²) in [5, 5.41) is 11.3. The molecule has 1 spiro atoms. The minimum atomic E-state index is -1.08. The molecule has 0 radical (unpaired) electrons. The van der Waals surface area contributed by atoms with Crippen LogP contribution in [-0.2, 0) is 31.6 Å². The van der Waals surface area contributed by atoms with Crippen molar-refractivity contribution in [3.05, 3.63) is 101 Å². The van der Waals surface area contributed by atoms with Crippen LogP contribution in [0.25, 0.3) is 5.69 Å². The second-order valence-corrected chi connectivity index (χ2v) is 13.8. The molecule has 13 heteroatoms. The first-order valence-electron chi connectivity index (χ1n) is 15.3. The van der Waals surface area contributed by atoms with E-state index < -0.39 is 28.0 Å². The number of carbonyl (C=O) groups is 1. The van der Waals surface area contributed by atoms with Crippen LogP contribution in [-0.4, -0.2) is 86.6 Å². The molecular weight excluding hydrogens is 614 g/mol. The molecule has 0 N–H and O–H groups in total. The minimum absolute atomic E-state index is 0.129. The fraction of sp³-hybridized carbons (Fsp3) is 0.394. The van der Waals surface area contributed by atoms with Crippen molar-refractivity contribution < 1.29 is 27.3 Å². The van der Waals surface area contributed by atoms with Gasteiger partial charge in [0, 0.05) is 29.6 Å². The van der Waals surface area contributed by atoms with Gasteiger partial charge in [-0.25, -0.2) is 13.5 Å². The average Bonchev–Trinajstić information content (AvgIpc) is 3.72. The fourth-order valence-corrected chi connectivity index (χ4v) is 9.02. The lowest BCUT2D eigenvalue weighted by Gasteiger charge is -2.45. The van der Waals surface area contributed by atoms with Crippen molar-refractivity contribution in [2.24, 2.45) is 0 Å². The van der Waals surface area contributed by atoms with Gasteiger partial charge in [0.05, 0.1) is 36.3 Å². The molecule has 3 aromatic carbocycles. The Kier molecular flexibility index (Phi) is 8.16. The van der Waals surface area contributed by atoms with E-state index in [1.54, 1.807) is 23.1 Å². The molecule has 240 valence electrons. The summed E-state index contributed by atoms with van der Waals surface area (Å²) in [5.74, 6) is -1.22. The van der Waals surface area contributed by atoms with Crippen molar-refractivity contribution in [1.29, 1.82) is 0 Å². The predicted octanol–water partition coefficient (Wildman–Crippen LogP) is 3.96. The zero-order valence-corrected chi connectivity index (χ0v) is 26.2. The number of halogens is 2. The van der Waals surface area contributed by atoms with Gasteiger partial charge in [-0.05, 0) is 89.8 Å². The summed E-state index contributed by atoms with van der Waals surface area (Å²) in [7, 11) is 0.528. The highest BCUT2D eigenvalue weighted by molar-refractivity contribution is 7.85. The number of likely N-dealkylation sites (tertiary alicyclic amines) is 1. The lowest BCUT2D eigenvalue weighted by Crippen LogP contribution is -2.53. The van der Waals surface area contributed by atoms with Crippen LogP contribution >= 0.6 is 0 Å². The molecule has 1 amide bonds. The molecule has 3 aliphatic heterocycles. The van der Waals surface area contributed by atoms with Gasteiger partial charge in [-0.15, -0.1) is 5.10 Å². The van der Waals surface area contributed by atoms with Crippen LogP contribution in [0.15, 0.2) is 67.0 Å².